The van der Waals surface area contributed by atoms with Crippen molar-refractivity contribution in [3.05, 3.63) is 86.6 Å². The summed E-state index contributed by atoms with van der Waals surface area (Å²) in [4.78, 5) is 63.5. The summed E-state index contributed by atoms with van der Waals surface area (Å²) in [5.74, 6) is -2.36. The van der Waals surface area contributed by atoms with E-state index in [1.165, 1.54) is 0 Å². The number of aromatic nitrogens is 2. The SMILES string of the molecule is COC(=O)Cn1c(=O)c(C(=O)COC(=O)C2COc3ccccc3O2)c(N)n(Cc2ccccc2)c1=O. The standard InChI is InChI=1S/C25H23N3O9/c1-34-20(30)12-28-23(31)21(22(26)27(25(28)33)11-15-7-3-2-4-8-15)16(29)13-36-24(32)19-14-35-17-9-5-6-10-18(17)37-19/h2-10,19H,11-14,26H2,1H3. The van der Waals surface area contributed by atoms with Crippen LogP contribution in [0.15, 0.2) is 64.2 Å². The van der Waals surface area contributed by atoms with Crippen LogP contribution in [-0.2, 0) is 32.2 Å². The summed E-state index contributed by atoms with van der Waals surface area (Å²) in [7, 11) is 1.09. The molecule has 1 aromatic heterocycles. The monoisotopic (exact) mass is 509 g/mol. The molecular weight excluding hydrogens is 486 g/mol. The lowest BCUT2D eigenvalue weighted by atomic mass is 10.1. The molecule has 1 unspecified atom stereocenters. The van der Waals surface area contributed by atoms with Gasteiger partial charge in [0.25, 0.3) is 5.56 Å². The van der Waals surface area contributed by atoms with Crippen LogP contribution in [0.2, 0.25) is 0 Å². The van der Waals surface area contributed by atoms with Crippen LogP contribution >= 0.6 is 0 Å². The Morgan fingerprint density at radius 2 is 1.68 bits per heavy atom. The molecule has 192 valence electrons. The predicted molar refractivity (Wildman–Crippen MR) is 129 cm³/mol. The number of Topliss-reactive ketones (excluding diaryl/α,β-unsaturated/α-hetero) is 1. The van der Waals surface area contributed by atoms with Crippen molar-refractivity contribution in [3.8, 4) is 11.5 Å². The fraction of sp³-hybridized carbons (Fsp3) is 0.240. The fourth-order valence-corrected chi connectivity index (χ4v) is 3.67. The van der Waals surface area contributed by atoms with Crippen molar-refractivity contribution < 1.29 is 33.3 Å². The number of esters is 2. The number of carbonyl (C=O) groups excluding carboxylic acids is 3. The molecule has 2 heterocycles. The molecule has 1 aliphatic heterocycles. The highest BCUT2D eigenvalue weighted by molar-refractivity contribution is 6.01. The van der Waals surface area contributed by atoms with Crippen LogP contribution in [-0.4, -0.2) is 53.3 Å². The average Bonchev–Trinajstić information content (AvgIpc) is 2.92. The number of para-hydroxylation sites is 2. The zero-order chi connectivity index (χ0) is 26.5. The first-order valence-corrected chi connectivity index (χ1v) is 11.1. The smallest absolute Gasteiger partial charge is 0.351 e. The van der Waals surface area contributed by atoms with Gasteiger partial charge < -0.3 is 24.7 Å². The highest BCUT2D eigenvalue weighted by Gasteiger charge is 2.30. The lowest BCUT2D eigenvalue weighted by Gasteiger charge is -2.24. The van der Waals surface area contributed by atoms with Gasteiger partial charge in [0, 0.05) is 0 Å². The number of nitrogens with zero attached hydrogens (tertiary/aromatic N) is 2. The third-order valence-corrected chi connectivity index (χ3v) is 5.56. The van der Waals surface area contributed by atoms with E-state index in [9.17, 15) is 24.0 Å². The van der Waals surface area contributed by atoms with Gasteiger partial charge in [0.2, 0.25) is 11.9 Å². The number of anilines is 1. The fourth-order valence-electron chi connectivity index (χ4n) is 3.67. The second-order valence-electron chi connectivity index (χ2n) is 7.98. The van der Waals surface area contributed by atoms with Crippen LogP contribution in [0.4, 0.5) is 5.82 Å². The van der Waals surface area contributed by atoms with Crippen molar-refractivity contribution in [1.29, 1.82) is 0 Å². The maximum absolute atomic E-state index is 13.0. The Kier molecular flexibility index (Phi) is 7.37. The summed E-state index contributed by atoms with van der Waals surface area (Å²) in [5.41, 5.74) is 4.14. The Balaban J connectivity index is 1.60. The minimum atomic E-state index is -1.14. The van der Waals surface area contributed by atoms with Gasteiger partial charge in [-0.05, 0) is 17.7 Å². The largest absolute Gasteiger partial charge is 0.485 e. The molecule has 0 saturated carbocycles. The first-order valence-electron chi connectivity index (χ1n) is 11.1. The van der Waals surface area contributed by atoms with Crippen molar-refractivity contribution in [2.75, 3.05) is 26.1 Å². The van der Waals surface area contributed by atoms with Gasteiger partial charge in [0.1, 0.15) is 24.5 Å². The van der Waals surface area contributed by atoms with E-state index in [2.05, 4.69) is 4.74 Å². The number of nitrogens with two attached hydrogens (primary N) is 1. The van der Waals surface area contributed by atoms with Crippen molar-refractivity contribution in [3.63, 3.8) is 0 Å². The Labute approximate surface area is 209 Å². The number of carbonyl (C=O) groups is 3. The Morgan fingerprint density at radius 1 is 1.00 bits per heavy atom. The van der Waals surface area contributed by atoms with Gasteiger partial charge in [0.05, 0.1) is 13.7 Å². The zero-order valence-corrected chi connectivity index (χ0v) is 19.7. The van der Waals surface area contributed by atoms with Gasteiger partial charge in [-0.1, -0.05) is 42.5 Å². The minimum absolute atomic E-state index is 0.0836. The van der Waals surface area contributed by atoms with Crippen molar-refractivity contribution in [2.45, 2.75) is 19.2 Å². The number of benzene rings is 2. The first kappa shape index (κ1) is 25.2. The summed E-state index contributed by atoms with van der Waals surface area (Å²) in [6.45, 7) is -1.82. The highest BCUT2D eigenvalue weighted by Crippen LogP contribution is 2.31. The molecule has 12 nitrogen and oxygen atoms in total. The van der Waals surface area contributed by atoms with Gasteiger partial charge in [-0.25, -0.2) is 14.2 Å². The molecule has 4 rings (SSSR count). The number of hydrogen-bond acceptors (Lipinski definition) is 10. The summed E-state index contributed by atoms with van der Waals surface area (Å²) >= 11 is 0. The molecule has 1 aliphatic rings. The van der Waals surface area contributed by atoms with Gasteiger partial charge in [-0.15, -0.1) is 0 Å². The van der Waals surface area contributed by atoms with E-state index in [0.717, 1.165) is 11.7 Å². The molecule has 37 heavy (non-hydrogen) atoms. The van der Waals surface area contributed by atoms with Gasteiger partial charge >= 0.3 is 17.6 Å². The molecule has 3 aromatic rings. The zero-order valence-electron chi connectivity index (χ0n) is 19.7. The Bertz CT molecular complexity index is 1460. The number of nitrogen functional groups attached to an aromatic ring is 1. The summed E-state index contributed by atoms with van der Waals surface area (Å²) in [6.07, 6.45) is -1.14. The molecule has 0 bridgehead atoms. The number of ether oxygens (including phenoxy) is 4. The maximum atomic E-state index is 13.0. The molecular formula is C25H23N3O9. The molecule has 2 N–H and O–H groups in total. The number of hydrogen-bond donors (Lipinski definition) is 1. The van der Waals surface area contributed by atoms with E-state index in [1.54, 1.807) is 54.6 Å². The number of ketones is 1. The van der Waals surface area contributed by atoms with E-state index >= 15 is 0 Å². The predicted octanol–water partition coefficient (Wildman–Crippen LogP) is 0.379. The topological polar surface area (TPSA) is 158 Å². The highest BCUT2D eigenvalue weighted by atomic mass is 16.6. The van der Waals surface area contributed by atoms with E-state index in [4.69, 9.17) is 19.9 Å². The molecule has 0 amide bonds. The van der Waals surface area contributed by atoms with Crippen LogP contribution < -0.4 is 26.5 Å². The normalized spacial score (nSPS) is 14.0. The van der Waals surface area contributed by atoms with E-state index < -0.39 is 59.6 Å². The number of fused-ring (bicyclic) bond motifs is 1. The van der Waals surface area contributed by atoms with E-state index in [-0.39, 0.29) is 13.2 Å². The second-order valence-corrected chi connectivity index (χ2v) is 7.98. The van der Waals surface area contributed by atoms with Gasteiger partial charge in [-0.2, -0.15) is 0 Å². The lowest BCUT2D eigenvalue weighted by molar-refractivity contribution is -0.153. The maximum Gasteiger partial charge on any atom is 0.351 e. The van der Waals surface area contributed by atoms with Crippen molar-refractivity contribution >= 4 is 23.5 Å². The molecule has 0 radical (unpaired) electrons. The van der Waals surface area contributed by atoms with E-state index in [0.29, 0.717) is 21.6 Å². The second kappa shape index (κ2) is 10.8. The number of rotatable bonds is 8. The molecule has 0 aliphatic carbocycles. The summed E-state index contributed by atoms with van der Waals surface area (Å²) < 4.78 is 22.2. The first-order chi connectivity index (χ1) is 17.8. The molecule has 12 heteroatoms. The van der Waals surface area contributed by atoms with Crippen LogP contribution in [0.5, 0.6) is 11.5 Å². The van der Waals surface area contributed by atoms with Crippen LogP contribution in [0.3, 0.4) is 0 Å². The Hall–Kier alpha value is -4.87. The average molecular weight is 509 g/mol. The Morgan fingerprint density at radius 3 is 2.38 bits per heavy atom. The van der Waals surface area contributed by atoms with Crippen LogP contribution in [0.25, 0.3) is 0 Å². The molecule has 0 fully saturated rings. The van der Waals surface area contributed by atoms with Crippen LogP contribution in [0, 0.1) is 0 Å². The third-order valence-electron chi connectivity index (χ3n) is 5.56. The molecule has 1 atom stereocenters. The van der Waals surface area contributed by atoms with Gasteiger partial charge in [-0.3, -0.25) is 19.0 Å². The van der Waals surface area contributed by atoms with Crippen molar-refractivity contribution in [2.24, 2.45) is 0 Å². The van der Waals surface area contributed by atoms with E-state index in [1.807, 2.05) is 0 Å². The quantitative estimate of drug-likeness (QED) is 0.332. The summed E-state index contributed by atoms with van der Waals surface area (Å²) in [6, 6.07) is 15.4. The minimum Gasteiger partial charge on any atom is -0.485 e. The summed E-state index contributed by atoms with van der Waals surface area (Å²) in [5, 5.41) is 0. The molecule has 0 spiro atoms. The van der Waals surface area contributed by atoms with Crippen molar-refractivity contribution in [1.82, 2.24) is 9.13 Å². The third kappa shape index (κ3) is 5.37. The number of methoxy groups -OCH3 is 1. The van der Waals surface area contributed by atoms with Crippen LogP contribution in [0.1, 0.15) is 15.9 Å². The molecule has 2 aromatic carbocycles. The molecule has 0 saturated heterocycles. The lowest BCUT2D eigenvalue weighted by Crippen LogP contribution is -2.46. The van der Waals surface area contributed by atoms with Gasteiger partial charge in [0.15, 0.2) is 18.1 Å².